The normalized spacial score (nSPS) is 20.2. The van der Waals surface area contributed by atoms with Gasteiger partial charge in [0.1, 0.15) is 5.52 Å². The molecule has 6 rings (SSSR count). The van der Waals surface area contributed by atoms with Gasteiger partial charge in [-0.05, 0) is 62.1 Å². The molecule has 0 radical (unpaired) electrons. The number of nitrogens with zero attached hydrogens (tertiary/aromatic N) is 2. The zero-order valence-electron chi connectivity index (χ0n) is 17.3. The fourth-order valence-corrected chi connectivity index (χ4v) is 4.32. The van der Waals surface area contributed by atoms with Crippen LogP contribution in [0, 0.1) is 0 Å². The third kappa shape index (κ3) is 3.27. The van der Waals surface area contributed by atoms with Crippen molar-refractivity contribution in [3.05, 3.63) is 59.0 Å². The lowest BCUT2D eigenvalue weighted by Crippen LogP contribution is -2.36. The molecule has 3 aliphatic rings. The molecule has 8 heteroatoms. The van der Waals surface area contributed by atoms with E-state index in [1.54, 1.807) is 30.3 Å². The highest BCUT2D eigenvalue weighted by molar-refractivity contribution is 6.22. The fraction of sp³-hybridized carbons (Fsp3) is 0.333. The molecule has 3 amide bonds. The van der Waals surface area contributed by atoms with Gasteiger partial charge in [-0.2, -0.15) is 0 Å². The number of anilines is 1. The van der Waals surface area contributed by atoms with Crippen molar-refractivity contribution in [2.45, 2.75) is 37.7 Å². The Morgan fingerprint density at radius 2 is 1.91 bits per heavy atom. The van der Waals surface area contributed by atoms with Crippen LogP contribution in [-0.4, -0.2) is 46.9 Å². The number of aromatic nitrogens is 1. The molecule has 3 heterocycles. The van der Waals surface area contributed by atoms with E-state index in [0.29, 0.717) is 40.4 Å². The van der Waals surface area contributed by atoms with E-state index < -0.39 is 0 Å². The second-order valence-electron chi connectivity index (χ2n) is 8.58. The first-order valence-corrected chi connectivity index (χ1v) is 10.9. The summed E-state index contributed by atoms with van der Waals surface area (Å²) in [6.45, 7) is 0.897. The molecule has 2 aromatic carbocycles. The van der Waals surface area contributed by atoms with E-state index in [1.165, 1.54) is 11.0 Å². The number of hydrogen-bond acceptors (Lipinski definition) is 6. The average molecular weight is 431 g/mol. The van der Waals surface area contributed by atoms with Crippen molar-refractivity contribution in [2.75, 3.05) is 18.5 Å². The van der Waals surface area contributed by atoms with Gasteiger partial charge < -0.3 is 14.5 Å². The van der Waals surface area contributed by atoms with Crippen molar-refractivity contribution in [1.82, 2.24) is 9.88 Å². The van der Waals surface area contributed by atoms with E-state index in [1.807, 2.05) is 0 Å². The summed E-state index contributed by atoms with van der Waals surface area (Å²) in [6, 6.07) is 9.91. The van der Waals surface area contributed by atoms with E-state index in [2.05, 4.69) is 10.3 Å². The number of benzene rings is 2. The second kappa shape index (κ2) is 7.27. The highest BCUT2D eigenvalue weighted by Crippen LogP contribution is 2.40. The Hall–Kier alpha value is -3.52. The highest BCUT2D eigenvalue weighted by Gasteiger charge is 2.38. The summed E-state index contributed by atoms with van der Waals surface area (Å²) in [5.74, 6) is 0.0720. The zero-order valence-corrected chi connectivity index (χ0v) is 17.3. The lowest BCUT2D eigenvalue weighted by molar-refractivity contribution is 0.0475. The van der Waals surface area contributed by atoms with E-state index in [-0.39, 0.29) is 35.9 Å². The Morgan fingerprint density at radius 3 is 2.69 bits per heavy atom. The number of ether oxygens (including phenoxy) is 1. The topological polar surface area (TPSA) is 102 Å². The number of carbonyl (C=O) groups is 3. The Kier molecular flexibility index (Phi) is 4.36. The van der Waals surface area contributed by atoms with E-state index in [4.69, 9.17) is 9.15 Å². The zero-order chi connectivity index (χ0) is 21.8. The van der Waals surface area contributed by atoms with Gasteiger partial charge in [-0.1, -0.05) is 0 Å². The molecule has 0 spiro atoms. The van der Waals surface area contributed by atoms with Crippen LogP contribution in [0.1, 0.15) is 68.6 Å². The summed E-state index contributed by atoms with van der Waals surface area (Å²) in [5.41, 5.74) is 2.86. The first kappa shape index (κ1) is 19.2. The molecule has 1 saturated heterocycles. The Morgan fingerprint density at radius 1 is 1.06 bits per heavy atom. The fourth-order valence-electron chi connectivity index (χ4n) is 4.32. The summed E-state index contributed by atoms with van der Waals surface area (Å²) in [5, 5.41) is 2.84. The van der Waals surface area contributed by atoms with Crippen LogP contribution in [0.4, 0.5) is 5.69 Å². The molecule has 8 nitrogen and oxygen atoms in total. The SMILES string of the molecule is O=C(Nc1ccc2oc(C3CC3)nc2c1)c1ccc2c(c1)C(=O)N(CC1CCCO1)C2=O. The van der Waals surface area contributed by atoms with Gasteiger partial charge in [0, 0.05) is 23.8 Å². The summed E-state index contributed by atoms with van der Waals surface area (Å²) in [4.78, 5) is 44.1. The Labute approximate surface area is 183 Å². The van der Waals surface area contributed by atoms with Crippen molar-refractivity contribution in [1.29, 1.82) is 0 Å². The molecule has 2 aliphatic heterocycles. The minimum atomic E-state index is -0.383. The predicted octanol–water partition coefficient (Wildman–Crippen LogP) is 3.73. The molecule has 1 aromatic heterocycles. The smallest absolute Gasteiger partial charge is 0.261 e. The quantitative estimate of drug-likeness (QED) is 0.618. The molecular weight excluding hydrogens is 410 g/mol. The van der Waals surface area contributed by atoms with E-state index in [9.17, 15) is 14.4 Å². The molecular formula is C24H21N3O5. The highest BCUT2D eigenvalue weighted by atomic mass is 16.5. The number of oxazole rings is 1. The lowest BCUT2D eigenvalue weighted by Gasteiger charge is -2.17. The van der Waals surface area contributed by atoms with Gasteiger partial charge in [0.05, 0.1) is 23.8 Å². The number of nitrogens with one attached hydrogen (secondary N) is 1. The van der Waals surface area contributed by atoms with Gasteiger partial charge in [-0.25, -0.2) is 4.98 Å². The molecule has 1 atom stereocenters. The summed E-state index contributed by atoms with van der Waals surface area (Å²) >= 11 is 0. The van der Waals surface area contributed by atoms with Crippen LogP contribution in [0.5, 0.6) is 0 Å². The summed E-state index contributed by atoms with van der Waals surface area (Å²) < 4.78 is 11.3. The van der Waals surface area contributed by atoms with Crippen LogP contribution in [0.2, 0.25) is 0 Å². The average Bonchev–Trinajstić information content (AvgIpc) is 3.27. The van der Waals surface area contributed by atoms with Crippen LogP contribution in [0.25, 0.3) is 11.1 Å². The van der Waals surface area contributed by atoms with Gasteiger partial charge in [0.25, 0.3) is 17.7 Å². The molecule has 162 valence electrons. The number of rotatable bonds is 5. The van der Waals surface area contributed by atoms with Gasteiger partial charge in [0.15, 0.2) is 11.5 Å². The number of carbonyl (C=O) groups excluding carboxylic acids is 3. The molecule has 1 aliphatic carbocycles. The number of hydrogen-bond donors (Lipinski definition) is 1. The Bertz CT molecular complexity index is 1270. The van der Waals surface area contributed by atoms with Gasteiger partial charge in [-0.3, -0.25) is 19.3 Å². The minimum Gasteiger partial charge on any atom is -0.440 e. The third-order valence-electron chi connectivity index (χ3n) is 6.23. The second-order valence-corrected chi connectivity index (χ2v) is 8.58. The van der Waals surface area contributed by atoms with Gasteiger partial charge in [-0.15, -0.1) is 0 Å². The van der Waals surface area contributed by atoms with Crippen LogP contribution >= 0.6 is 0 Å². The van der Waals surface area contributed by atoms with Crippen molar-refractivity contribution in [3.63, 3.8) is 0 Å². The summed E-state index contributed by atoms with van der Waals surface area (Å²) in [7, 11) is 0. The van der Waals surface area contributed by atoms with E-state index in [0.717, 1.165) is 31.6 Å². The predicted molar refractivity (Wildman–Crippen MR) is 115 cm³/mol. The lowest BCUT2D eigenvalue weighted by atomic mass is 10.1. The van der Waals surface area contributed by atoms with Crippen LogP contribution in [-0.2, 0) is 4.74 Å². The van der Waals surface area contributed by atoms with Crippen LogP contribution in [0.15, 0.2) is 40.8 Å². The third-order valence-corrected chi connectivity index (χ3v) is 6.23. The van der Waals surface area contributed by atoms with Crippen molar-refractivity contribution < 1.29 is 23.5 Å². The maximum atomic E-state index is 12.8. The van der Waals surface area contributed by atoms with Gasteiger partial charge in [0.2, 0.25) is 0 Å². The van der Waals surface area contributed by atoms with E-state index >= 15 is 0 Å². The molecule has 3 aromatic rings. The molecule has 0 bridgehead atoms. The largest absolute Gasteiger partial charge is 0.440 e. The first-order valence-electron chi connectivity index (χ1n) is 10.9. The first-order chi connectivity index (χ1) is 15.6. The summed E-state index contributed by atoms with van der Waals surface area (Å²) in [6.07, 6.45) is 3.84. The molecule has 1 unspecified atom stereocenters. The maximum Gasteiger partial charge on any atom is 0.261 e. The van der Waals surface area contributed by atoms with Crippen molar-refractivity contribution in [3.8, 4) is 0 Å². The molecule has 2 fully saturated rings. The van der Waals surface area contributed by atoms with Crippen LogP contribution in [0.3, 0.4) is 0 Å². The number of fused-ring (bicyclic) bond motifs is 2. The standard InChI is InChI=1S/C24H21N3O5/c28-21(25-15-6-8-20-19(11-15)26-22(32-20)13-3-4-13)14-5-7-17-18(10-14)24(30)27(23(17)29)12-16-2-1-9-31-16/h5-8,10-11,13,16H,1-4,9,12H2,(H,25,28). The molecule has 1 saturated carbocycles. The van der Waals surface area contributed by atoms with Crippen LogP contribution < -0.4 is 5.32 Å². The number of amides is 3. The van der Waals surface area contributed by atoms with Gasteiger partial charge >= 0.3 is 0 Å². The number of imide groups is 1. The monoisotopic (exact) mass is 431 g/mol. The molecule has 1 N–H and O–H groups in total. The van der Waals surface area contributed by atoms with Crippen molar-refractivity contribution >= 4 is 34.5 Å². The Balaban J connectivity index is 1.21. The van der Waals surface area contributed by atoms with Crippen molar-refractivity contribution in [2.24, 2.45) is 0 Å². The molecule has 32 heavy (non-hydrogen) atoms. The minimum absolute atomic E-state index is 0.119. The maximum absolute atomic E-state index is 12.8.